The molecule has 4 nitrogen and oxygen atoms in total. The van der Waals surface area contributed by atoms with Gasteiger partial charge >= 0.3 is 6.03 Å². The Balaban J connectivity index is 2.55. The zero-order chi connectivity index (χ0) is 13.8. The number of hydrogen-bond acceptors (Lipinski definition) is 2. The molecule has 0 unspecified atom stereocenters. The molecule has 0 aliphatic rings. The van der Waals surface area contributed by atoms with Gasteiger partial charge in [-0.3, -0.25) is 0 Å². The minimum atomic E-state index is -3.46. The van der Waals surface area contributed by atoms with Gasteiger partial charge in [0, 0.05) is 6.07 Å². The van der Waals surface area contributed by atoms with Gasteiger partial charge in [0.25, 0.3) is 5.92 Å². The largest absolute Gasteiger partial charge is 0.390 e. The maximum atomic E-state index is 13.1. The van der Waals surface area contributed by atoms with Crippen molar-refractivity contribution < 1.29 is 27.5 Å². The molecule has 0 aliphatic heterocycles. The van der Waals surface area contributed by atoms with E-state index >= 15 is 0 Å². The second-order valence-electron chi connectivity index (χ2n) is 3.45. The predicted molar refractivity (Wildman–Crippen MR) is 55.4 cm³/mol. The van der Waals surface area contributed by atoms with Crippen LogP contribution in [0.5, 0.6) is 0 Å². The number of carbonyl (C=O) groups excluding carboxylic acids is 1. The van der Waals surface area contributed by atoms with Crippen LogP contribution >= 0.6 is 0 Å². The summed E-state index contributed by atoms with van der Waals surface area (Å²) in [6.45, 7) is -2.52. The normalized spacial score (nSPS) is 11.2. The smallest absolute Gasteiger partial charge is 0.319 e. The van der Waals surface area contributed by atoms with E-state index in [9.17, 15) is 22.4 Å². The standard InChI is InChI=1S/C10H10F4N2O2/c11-6-1-2-8(7(12)3-6)16-9(18)15-4-10(13,14)5-17/h1-3,17H,4-5H2,(H2,15,16,18). The molecule has 0 bridgehead atoms. The fourth-order valence-corrected chi connectivity index (χ4v) is 1.02. The van der Waals surface area contributed by atoms with Gasteiger partial charge in [0.1, 0.15) is 18.2 Å². The molecule has 0 fully saturated rings. The second kappa shape index (κ2) is 5.67. The van der Waals surface area contributed by atoms with E-state index in [0.717, 1.165) is 12.1 Å². The number of rotatable bonds is 4. The fraction of sp³-hybridized carbons (Fsp3) is 0.300. The van der Waals surface area contributed by atoms with Gasteiger partial charge in [-0.05, 0) is 12.1 Å². The lowest BCUT2D eigenvalue weighted by Gasteiger charge is -2.14. The van der Waals surface area contributed by atoms with Crippen LogP contribution in [0.25, 0.3) is 0 Å². The van der Waals surface area contributed by atoms with Crippen LogP contribution in [0.15, 0.2) is 18.2 Å². The Kier molecular flexibility index (Phi) is 4.49. The number of aliphatic hydroxyl groups is 1. The van der Waals surface area contributed by atoms with Gasteiger partial charge in [0.05, 0.1) is 12.2 Å². The van der Waals surface area contributed by atoms with Gasteiger partial charge in [-0.25, -0.2) is 22.4 Å². The van der Waals surface area contributed by atoms with Crippen molar-refractivity contribution in [3.63, 3.8) is 0 Å². The van der Waals surface area contributed by atoms with Crippen LogP contribution in [0.4, 0.5) is 28.0 Å². The molecule has 1 rings (SSSR count). The molecular formula is C10H10F4N2O2. The van der Waals surface area contributed by atoms with E-state index in [0.29, 0.717) is 6.07 Å². The first-order chi connectivity index (χ1) is 8.34. The molecule has 1 aromatic carbocycles. The third-order valence-electron chi connectivity index (χ3n) is 1.92. The van der Waals surface area contributed by atoms with Gasteiger partial charge in [0.15, 0.2) is 0 Å². The lowest BCUT2D eigenvalue weighted by Crippen LogP contribution is -2.41. The summed E-state index contributed by atoms with van der Waals surface area (Å²) in [4.78, 5) is 11.1. The van der Waals surface area contributed by atoms with Gasteiger partial charge in [0.2, 0.25) is 0 Å². The van der Waals surface area contributed by atoms with Crippen LogP contribution in [0, 0.1) is 11.6 Å². The predicted octanol–water partition coefficient (Wildman–Crippen LogP) is 1.71. The van der Waals surface area contributed by atoms with Crippen LogP contribution in [-0.2, 0) is 0 Å². The van der Waals surface area contributed by atoms with Crippen LogP contribution in [0.1, 0.15) is 0 Å². The van der Waals surface area contributed by atoms with Crippen molar-refractivity contribution in [2.24, 2.45) is 0 Å². The highest BCUT2D eigenvalue weighted by molar-refractivity contribution is 5.89. The van der Waals surface area contributed by atoms with Gasteiger partial charge < -0.3 is 15.7 Å². The van der Waals surface area contributed by atoms with Crippen molar-refractivity contribution in [1.82, 2.24) is 5.32 Å². The van der Waals surface area contributed by atoms with E-state index in [-0.39, 0.29) is 5.69 Å². The van der Waals surface area contributed by atoms with Crippen molar-refractivity contribution in [2.45, 2.75) is 5.92 Å². The average molecular weight is 266 g/mol. The average Bonchev–Trinajstić information content (AvgIpc) is 2.30. The van der Waals surface area contributed by atoms with E-state index in [1.165, 1.54) is 0 Å². The number of urea groups is 1. The van der Waals surface area contributed by atoms with Gasteiger partial charge in [-0.1, -0.05) is 0 Å². The number of carbonyl (C=O) groups is 1. The number of nitrogens with one attached hydrogen (secondary N) is 2. The summed E-state index contributed by atoms with van der Waals surface area (Å²) < 4.78 is 50.8. The summed E-state index contributed by atoms with van der Waals surface area (Å²) in [6.07, 6.45) is 0. The first-order valence-corrected chi connectivity index (χ1v) is 4.82. The summed E-state index contributed by atoms with van der Waals surface area (Å²) in [6, 6.07) is 1.31. The van der Waals surface area contributed by atoms with Crippen molar-refractivity contribution in [3.8, 4) is 0 Å². The number of halogens is 4. The highest BCUT2D eigenvalue weighted by Crippen LogP contribution is 2.15. The molecule has 100 valence electrons. The molecule has 0 atom stereocenters. The maximum Gasteiger partial charge on any atom is 0.319 e. The molecule has 0 heterocycles. The molecule has 0 saturated carbocycles. The number of amides is 2. The van der Waals surface area contributed by atoms with Crippen LogP contribution < -0.4 is 10.6 Å². The summed E-state index contributed by atoms with van der Waals surface area (Å²) in [5, 5.41) is 11.9. The molecule has 18 heavy (non-hydrogen) atoms. The van der Waals surface area contributed by atoms with Crippen molar-refractivity contribution in [1.29, 1.82) is 0 Å². The molecule has 0 saturated heterocycles. The van der Waals surface area contributed by atoms with Crippen LogP contribution in [0.2, 0.25) is 0 Å². The highest BCUT2D eigenvalue weighted by Gasteiger charge is 2.28. The lowest BCUT2D eigenvalue weighted by molar-refractivity contribution is -0.0451. The first kappa shape index (κ1) is 14.2. The Morgan fingerprint density at radius 3 is 2.56 bits per heavy atom. The van der Waals surface area contributed by atoms with Crippen molar-refractivity contribution in [3.05, 3.63) is 29.8 Å². The first-order valence-electron chi connectivity index (χ1n) is 4.82. The maximum absolute atomic E-state index is 13.1. The number of hydrogen-bond donors (Lipinski definition) is 3. The summed E-state index contributed by atoms with van der Waals surface area (Å²) in [5.41, 5.74) is -0.346. The van der Waals surface area contributed by atoms with Crippen LogP contribution in [-0.4, -0.2) is 30.2 Å². The zero-order valence-electron chi connectivity index (χ0n) is 9.01. The summed E-state index contributed by atoms with van der Waals surface area (Å²) in [7, 11) is 0. The van der Waals surface area contributed by atoms with Crippen LogP contribution in [0.3, 0.4) is 0 Å². The Labute approximate surface area is 99.6 Å². The monoisotopic (exact) mass is 266 g/mol. The van der Waals surface area contributed by atoms with Crippen molar-refractivity contribution >= 4 is 11.7 Å². The molecule has 8 heteroatoms. The number of alkyl halides is 2. The van der Waals surface area contributed by atoms with E-state index in [4.69, 9.17) is 5.11 Å². The minimum absolute atomic E-state index is 0.346. The van der Waals surface area contributed by atoms with Crippen molar-refractivity contribution in [2.75, 3.05) is 18.5 Å². The Hall–Kier alpha value is -1.83. The van der Waals surface area contributed by atoms with E-state index in [1.54, 1.807) is 5.32 Å². The second-order valence-corrected chi connectivity index (χ2v) is 3.45. The fourth-order valence-electron chi connectivity index (χ4n) is 1.02. The molecule has 0 spiro atoms. The number of aliphatic hydroxyl groups excluding tert-OH is 1. The third-order valence-corrected chi connectivity index (χ3v) is 1.92. The Morgan fingerprint density at radius 1 is 1.33 bits per heavy atom. The number of benzene rings is 1. The van der Waals surface area contributed by atoms with E-state index in [1.807, 2.05) is 5.32 Å². The molecule has 3 N–H and O–H groups in total. The SMILES string of the molecule is O=C(NCC(F)(F)CO)Nc1ccc(F)cc1F. The quantitative estimate of drug-likeness (QED) is 0.726. The molecule has 0 aliphatic carbocycles. The molecule has 2 amide bonds. The highest BCUT2D eigenvalue weighted by atomic mass is 19.3. The van der Waals surface area contributed by atoms with Gasteiger partial charge in [-0.2, -0.15) is 0 Å². The number of anilines is 1. The van der Waals surface area contributed by atoms with E-state index in [2.05, 4.69) is 0 Å². The van der Waals surface area contributed by atoms with E-state index < -0.39 is 36.7 Å². The molecule has 1 aromatic rings. The zero-order valence-corrected chi connectivity index (χ0v) is 9.01. The minimum Gasteiger partial charge on any atom is -0.390 e. The summed E-state index contributed by atoms with van der Waals surface area (Å²) in [5.74, 6) is -5.32. The molecule has 0 radical (unpaired) electrons. The van der Waals surface area contributed by atoms with Gasteiger partial charge in [-0.15, -0.1) is 0 Å². The topological polar surface area (TPSA) is 61.4 Å². The third kappa shape index (κ3) is 4.21. The molecule has 0 aromatic heterocycles. The molecular weight excluding hydrogens is 256 g/mol. The lowest BCUT2D eigenvalue weighted by atomic mass is 10.3. The Morgan fingerprint density at radius 2 is 2.00 bits per heavy atom. The Bertz CT molecular complexity index is 440. The summed E-state index contributed by atoms with van der Waals surface area (Å²) >= 11 is 0.